The molecular formula is C11H8BrNO2. The maximum absolute atomic E-state index is 10.4. The van der Waals surface area contributed by atoms with Crippen LogP contribution in [0.3, 0.4) is 0 Å². The topological polar surface area (TPSA) is 43.1 Å². The van der Waals surface area contributed by atoms with E-state index in [1.54, 1.807) is 0 Å². The van der Waals surface area contributed by atoms with Crippen LogP contribution in [0.5, 0.6) is 0 Å². The number of aromatic nitrogens is 1. The molecule has 0 bridgehead atoms. The summed E-state index contributed by atoms with van der Waals surface area (Å²) in [5, 5.41) is 0. The molecule has 0 saturated heterocycles. The second kappa shape index (κ2) is 4.40. The Labute approximate surface area is 95.3 Å². The van der Waals surface area contributed by atoms with Crippen molar-refractivity contribution in [2.45, 2.75) is 6.42 Å². The van der Waals surface area contributed by atoms with Crippen LogP contribution in [0.15, 0.2) is 39.4 Å². The zero-order valence-electron chi connectivity index (χ0n) is 7.81. The number of carbonyl (C=O) groups excluding carboxylic acids is 1. The van der Waals surface area contributed by atoms with Gasteiger partial charge >= 0.3 is 0 Å². The van der Waals surface area contributed by atoms with Crippen molar-refractivity contribution in [3.8, 4) is 0 Å². The van der Waals surface area contributed by atoms with Gasteiger partial charge in [0.1, 0.15) is 0 Å². The Kier molecular flexibility index (Phi) is 2.97. The van der Waals surface area contributed by atoms with E-state index in [-0.39, 0.29) is 5.76 Å². The molecule has 0 saturated carbocycles. The molecule has 0 aliphatic heterocycles. The van der Waals surface area contributed by atoms with Gasteiger partial charge in [-0.3, -0.25) is 4.79 Å². The summed E-state index contributed by atoms with van der Waals surface area (Å²) in [6.07, 6.45) is 2.67. The van der Waals surface area contributed by atoms with Gasteiger partial charge in [0.05, 0.1) is 6.20 Å². The van der Waals surface area contributed by atoms with E-state index < -0.39 is 0 Å². The molecule has 0 amide bonds. The summed E-state index contributed by atoms with van der Waals surface area (Å²) in [4.78, 5) is 14.4. The molecule has 1 heterocycles. The summed E-state index contributed by atoms with van der Waals surface area (Å²) >= 11 is 3.39. The second-order valence-electron chi connectivity index (χ2n) is 3.08. The van der Waals surface area contributed by atoms with Crippen molar-refractivity contribution in [3.63, 3.8) is 0 Å². The van der Waals surface area contributed by atoms with Crippen LogP contribution in [0.1, 0.15) is 22.0 Å². The summed E-state index contributed by atoms with van der Waals surface area (Å²) in [5.41, 5.74) is 1.09. The van der Waals surface area contributed by atoms with Crippen LogP contribution in [0.4, 0.5) is 0 Å². The predicted octanol–water partition coefficient (Wildman–Crippen LogP) is 2.84. The van der Waals surface area contributed by atoms with E-state index in [1.165, 1.54) is 6.20 Å². The van der Waals surface area contributed by atoms with Gasteiger partial charge < -0.3 is 4.42 Å². The van der Waals surface area contributed by atoms with Crippen LogP contribution >= 0.6 is 15.9 Å². The molecule has 4 heteroatoms. The molecule has 0 unspecified atom stereocenters. The van der Waals surface area contributed by atoms with Crippen LogP contribution in [0, 0.1) is 0 Å². The highest BCUT2D eigenvalue weighted by molar-refractivity contribution is 9.10. The number of nitrogens with zero attached hydrogens (tertiary/aromatic N) is 1. The molecule has 0 spiro atoms. The van der Waals surface area contributed by atoms with Crippen molar-refractivity contribution in [2.75, 3.05) is 0 Å². The first-order valence-corrected chi connectivity index (χ1v) is 5.21. The number of halogens is 1. The monoisotopic (exact) mass is 265 g/mol. The molecule has 2 rings (SSSR count). The van der Waals surface area contributed by atoms with E-state index in [2.05, 4.69) is 20.9 Å². The lowest BCUT2D eigenvalue weighted by Gasteiger charge is -1.97. The smallest absolute Gasteiger partial charge is 0.199 e. The minimum Gasteiger partial charge on any atom is -0.438 e. The lowest BCUT2D eigenvalue weighted by Crippen LogP contribution is -1.87. The van der Waals surface area contributed by atoms with Crippen molar-refractivity contribution in [1.29, 1.82) is 0 Å². The minimum absolute atomic E-state index is 0.264. The summed E-state index contributed by atoms with van der Waals surface area (Å²) in [7, 11) is 0. The Bertz CT molecular complexity index is 479. The van der Waals surface area contributed by atoms with E-state index in [0.29, 0.717) is 18.6 Å². The zero-order valence-corrected chi connectivity index (χ0v) is 9.40. The molecule has 0 aliphatic rings. The van der Waals surface area contributed by atoms with Gasteiger partial charge in [-0.2, -0.15) is 0 Å². The van der Waals surface area contributed by atoms with Crippen molar-refractivity contribution in [3.05, 3.63) is 52.1 Å². The number of carbonyl (C=O) groups is 1. The number of rotatable bonds is 3. The van der Waals surface area contributed by atoms with Crippen molar-refractivity contribution in [1.82, 2.24) is 4.98 Å². The Morgan fingerprint density at radius 3 is 3.00 bits per heavy atom. The van der Waals surface area contributed by atoms with Gasteiger partial charge in [-0.25, -0.2) is 4.98 Å². The molecule has 0 atom stereocenters. The molecule has 3 nitrogen and oxygen atoms in total. The normalized spacial score (nSPS) is 10.2. The number of hydrogen-bond acceptors (Lipinski definition) is 3. The van der Waals surface area contributed by atoms with Crippen LogP contribution in [0.25, 0.3) is 0 Å². The molecule has 0 aliphatic carbocycles. The van der Waals surface area contributed by atoms with E-state index in [9.17, 15) is 4.79 Å². The number of aldehydes is 1. The molecule has 1 aromatic heterocycles. The fourth-order valence-electron chi connectivity index (χ4n) is 1.28. The van der Waals surface area contributed by atoms with Gasteiger partial charge in [0.15, 0.2) is 17.9 Å². The van der Waals surface area contributed by atoms with Gasteiger partial charge in [0.25, 0.3) is 0 Å². The zero-order chi connectivity index (χ0) is 10.7. The Balaban J connectivity index is 2.18. The summed E-state index contributed by atoms with van der Waals surface area (Å²) in [5.74, 6) is 0.815. The molecular weight excluding hydrogens is 258 g/mol. The molecule has 76 valence electrons. The molecule has 0 fully saturated rings. The van der Waals surface area contributed by atoms with Crippen LogP contribution in [-0.2, 0) is 6.42 Å². The maximum atomic E-state index is 10.4. The highest BCUT2D eigenvalue weighted by atomic mass is 79.9. The molecule has 2 aromatic rings. The third-order valence-corrected chi connectivity index (χ3v) is 2.43. The minimum atomic E-state index is 0.264. The first kappa shape index (κ1) is 10.1. The fourth-order valence-corrected chi connectivity index (χ4v) is 1.73. The van der Waals surface area contributed by atoms with E-state index in [4.69, 9.17) is 4.42 Å². The Morgan fingerprint density at radius 2 is 2.33 bits per heavy atom. The Hall–Kier alpha value is -1.42. The summed E-state index contributed by atoms with van der Waals surface area (Å²) in [6.45, 7) is 0. The molecule has 0 N–H and O–H groups in total. The van der Waals surface area contributed by atoms with Crippen molar-refractivity contribution in [2.24, 2.45) is 0 Å². The van der Waals surface area contributed by atoms with E-state index in [1.807, 2.05) is 24.3 Å². The van der Waals surface area contributed by atoms with E-state index in [0.717, 1.165) is 10.0 Å². The quantitative estimate of drug-likeness (QED) is 0.802. The van der Waals surface area contributed by atoms with Gasteiger partial charge in [0.2, 0.25) is 0 Å². The fraction of sp³-hybridized carbons (Fsp3) is 0.0909. The number of hydrogen-bond donors (Lipinski definition) is 0. The standard InChI is InChI=1S/C11H8BrNO2/c12-9-3-1-2-8(4-9)5-11-13-6-10(7-14)15-11/h1-4,6-7H,5H2. The highest BCUT2D eigenvalue weighted by Crippen LogP contribution is 2.15. The average molecular weight is 266 g/mol. The van der Waals surface area contributed by atoms with Crippen molar-refractivity contribution < 1.29 is 9.21 Å². The summed E-state index contributed by atoms with van der Waals surface area (Å²) < 4.78 is 6.20. The van der Waals surface area contributed by atoms with Gasteiger partial charge in [-0.05, 0) is 17.7 Å². The van der Waals surface area contributed by atoms with Gasteiger partial charge in [0, 0.05) is 10.9 Å². The SMILES string of the molecule is O=Cc1cnc(Cc2cccc(Br)c2)o1. The van der Waals surface area contributed by atoms with Crippen LogP contribution < -0.4 is 0 Å². The first-order valence-electron chi connectivity index (χ1n) is 4.42. The Morgan fingerprint density at radius 1 is 1.47 bits per heavy atom. The molecule has 0 radical (unpaired) electrons. The average Bonchev–Trinajstić information content (AvgIpc) is 2.65. The molecule has 15 heavy (non-hydrogen) atoms. The third-order valence-electron chi connectivity index (χ3n) is 1.93. The third kappa shape index (κ3) is 2.53. The van der Waals surface area contributed by atoms with Gasteiger partial charge in [-0.15, -0.1) is 0 Å². The van der Waals surface area contributed by atoms with Crippen LogP contribution in [-0.4, -0.2) is 11.3 Å². The van der Waals surface area contributed by atoms with E-state index >= 15 is 0 Å². The predicted molar refractivity (Wildman–Crippen MR) is 58.8 cm³/mol. The first-order chi connectivity index (χ1) is 7.28. The lowest BCUT2D eigenvalue weighted by molar-refractivity contribution is 0.109. The molecule has 1 aromatic carbocycles. The van der Waals surface area contributed by atoms with Crippen molar-refractivity contribution >= 4 is 22.2 Å². The lowest BCUT2D eigenvalue weighted by atomic mass is 10.1. The maximum Gasteiger partial charge on any atom is 0.199 e. The number of oxazole rings is 1. The van der Waals surface area contributed by atoms with Gasteiger partial charge in [-0.1, -0.05) is 28.1 Å². The highest BCUT2D eigenvalue weighted by Gasteiger charge is 2.04. The number of benzene rings is 1. The summed E-state index contributed by atoms with van der Waals surface area (Å²) in [6, 6.07) is 7.87. The van der Waals surface area contributed by atoms with Crippen LogP contribution in [0.2, 0.25) is 0 Å². The largest absolute Gasteiger partial charge is 0.438 e. The second-order valence-corrected chi connectivity index (χ2v) is 4.00.